The summed E-state index contributed by atoms with van der Waals surface area (Å²) in [6.45, 7) is 7.72. The van der Waals surface area contributed by atoms with Crippen LogP contribution in [0.2, 0.25) is 0 Å². The van der Waals surface area contributed by atoms with Gasteiger partial charge in [-0.3, -0.25) is 4.90 Å². The third-order valence-electron chi connectivity index (χ3n) is 3.08. The summed E-state index contributed by atoms with van der Waals surface area (Å²) < 4.78 is 4.20. The lowest BCUT2D eigenvalue weighted by Gasteiger charge is -2.36. The van der Waals surface area contributed by atoms with Crippen LogP contribution in [0, 0.1) is 18.3 Å². The molecule has 92 valence electrons. The quantitative estimate of drug-likeness (QED) is 0.809. The van der Waals surface area contributed by atoms with E-state index in [0.29, 0.717) is 0 Å². The average molecular weight is 251 g/mol. The maximum atomic E-state index is 9.04. The summed E-state index contributed by atoms with van der Waals surface area (Å²) in [5.74, 6) is 0.843. The van der Waals surface area contributed by atoms with Crippen LogP contribution >= 0.6 is 11.5 Å². The van der Waals surface area contributed by atoms with Gasteiger partial charge in [-0.2, -0.15) is 9.64 Å². The first kappa shape index (κ1) is 12.3. The molecule has 0 radical (unpaired) electrons. The van der Waals surface area contributed by atoms with Crippen molar-refractivity contribution < 1.29 is 0 Å². The second-order valence-corrected chi connectivity index (χ2v) is 4.93. The molecule has 0 saturated carbocycles. The van der Waals surface area contributed by atoms with Crippen molar-refractivity contribution in [2.75, 3.05) is 31.1 Å². The van der Waals surface area contributed by atoms with Gasteiger partial charge in [-0.25, -0.2) is 4.98 Å². The molecule has 1 aliphatic rings. The van der Waals surface area contributed by atoms with Gasteiger partial charge in [0.15, 0.2) is 0 Å². The Morgan fingerprint density at radius 2 is 2.12 bits per heavy atom. The molecule has 1 fully saturated rings. The number of aryl methyl sites for hydroxylation is 1. The van der Waals surface area contributed by atoms with Crippen molar-refractivity contribution in [2.24, 2.45) is 0 Å². The van der Waals surface area contributed by atoms with Crippen molar-refractivity contribution >= 4 is 16.7 Å². The van der Waals surface area contributed by atoms with Gasteiger partial charge in [-0.1, -0.05) is 6.92 Å². The zero-order valence-electron chi connectivity index (χ0n) is 10.3. The molecule has 0 aliphatic carbocycles. The maximum absolute atomic E-state index is 9.04. The van der Waals surface area contributed by atoms with E-state index in [4.69, 9.17) is 5.26 Å². The van der Waals surface area contributed by atoms with Crippen LogP contribution in [-0.4, -0.2) is 46.5 Å². The standard InChI is InChI=1S/C11H17N5S/c1-3-10(8-12)15-4-6-16(7-5-15)11-13-9(2)14-17-11/h10H,3-7H2,1-2H3. The molecule has 0 amide bonds. The molecule has 1 saturated heterocycles. The molecule has 0 spiro atoms. The Hall–Kier alpha value is -1.19. The maximum Gasteiger partial charge on any atom is 0.205 e. The zero-order valence-corrected chi connectivity index (χ0v) is 11.1. The number of nitrogens with zero attached hydrogens (tertiary/aromatic N) is 5. The summed E-state index contributed by atoms with van der Waals surface area (Å²) in [7, 11) is 0. The minimum atomic E-state index is 0.0632. The monoisotopic (exact) mass is 251 g/mol. The lowest BCUT2D eigenvalue weighted by atomic mass is 10.2. The van der Waals surface area contributed by atoms with Gasteiger partial charge < -0.3 is 4.90 Å². The second-order valence-electron chi connectivity index (χ2n) is 4.20. The number of piperazine rings is 1. The minimum absolute atomic E-state index is 0.0632. The second kappa shape index (κ2) is 5.43. The van der Waals surface area contributed by atoms with Crippen LogP contribution in [-0.2, 0) is 0 Å². The van der Waals surface area contributed by atoms with Gasteiger partial charge in [0.1, 0.15) is 5.82 Å². The molecular weight excluding hydrogens is 234 g/mol. The first-order valence-corrected chi connectivity index (χ1v) is 6.71. The summed E-state index contributed by atoms with van der Waals surface area (Å²) in [6.07, 6.45) is 0.897. The molecule has 2 rings (SSSR count). The van der Waals surface area contributed by atoms with Gasteiger partial charge in [0.05, 0.1) is 12.1 Å². The summed E-state index contributed by atoms with van der Waals surface area (Å²) >= 11 is 1.46. The number of aromatic nitrogens is 2. The van der Waals surface area contributed by atoms with Gasteiger partial charge in [-0.15, -0.1) is 0 Å². The Kier molecular flexibility index (Phi) is 3.92. The van der Waals surface area contributed by atoms with Crippen molar-refractivity contribution in [3.05, 3.63) is 5.82 Å². The Bertz CT molecular complexity index is 402. The van der Waals surface area contributed by atoms with Crippen LogP contribution in [0.15, 0.2) is 0 Å². The molecule has 0 aromatic carbocycles. The van der Waals surface area contributed by atoms with Crippen molar-refractivity contribution in [3.8, 4) is 6.07 Å². The highest BCUT2D eigenvalue weighted by Gasteiger charge is 2.23. The fourth-order valence-corrected chi connectivity index (χ4v) is 2.80. The number of anilines is 1. The Morgan fingerprint density at radius 1 is 1.41 bits per heavy atom. The normalized spacial score (nSPS) is 19.0. The van der Waals surface area contributed by atoms with E-state index in [1.165, 1.54) is 11.5 Å². The van der Waals surface area contributed by atoms with Crippen LogP contribution in [0.4, 0.5) is 5.13 Å². The lowest BCUT2D eigenvalue weighted by Crippen LogP contribution is -2.49. The summed E-state index contributed by atoms with van der Waals surface area (Å²) in [4.78, 5) is 8.90. The molecule has 6 heteroatoms. The predicted octanol–water partition coefficient (Wildman–Crippen LogP) is 1.27. The van der Waals surface area contributed by atoms with Crippen molar-refractivity contribution in [1.29, 1.82) is 5.26 Å². The van der Waals surface area contributed by atoms with Crippen molar-refractivity contribution in [2.45, 2.75) is 26.3 Å². The van der Waals surface area contributed by atoms with Gasteiger partial charge in [0.25, 0.3) is 0 Å². The highest BCUT2D eigenvalue weighted by atomic mass is 32.1. The SMILES string of the molecule is CCC(C#N)N1CCN(c2nc(C)ns2)CC1. The van der Waals surface area contributed by atoms with E-state index in [2.05, 4.69) is 32.2 Å². The Labute approximate surface area is 106 Å². The molecule has 1 aromatic rings. The van der Waals surface area contributed by atoms with Crippen LogP contribution in [0.3, 0.4) is 0 Å². The third kappa shape index (κ3) is 2.73. The zero-order chi connectivity index (χ0) is 12.3. The Balaban J connectivity index is 1.92. The fraction of sp³-hybridized carbons (Fsp3) is 0.727. The van der Waals surface area contributed by atoms with Gasteiger partial charge >= 0.3 is 0 Å². The van der Waals surface area contributed by atoms with Crippen molar-refractivity contribution in [3.63, 3.8) is 0 Å². The van der Waals surface area contributed by atoms with Crippen LogP contribution < -0.4 is 4.90 Å². The highest BCUT2D eigenvalue weighted by Crippen LogP contribution is 2.19. The molecular formula is C11H17N5S. The molecule has 17 heavy (non-hydrogen) atoms. The average Bonchev–Trinajstić information content (AvgIpc) is 2.78. The molecule has 0 N–H and O–H groups in total. The van der Waals surface area contributed by atoms with E-state index in [1.807, 2.05) is 6.92 Å². The molecule has 2 heterocycles. The molecule has 0 bridgehead atoms. The lowest BCUT2D eigenvalue weighted by molar-refractivity contribution is 0.216. The predicted molar refractivity (Wildman–Crippen MR) is 68.1 cm³/mol. The number of hydrogen-bond acceptors (Lipinski definition) is 6. The van der Waals surface area contributed by atoms with E-state index in [9.17, 15) is 0 Å². The number of nitriles is 1. The first-order chi connectivity index (χ1) is 8.24. The van der Waals surface area contributed by atoms with Gasteiger partial charge in [0.2, 0.25) is 5.13 Å². The van der Waals surface area contributed by atoms with E-state index < -0.39 is 0 Å². The summed E-state index contributed by atoms with van der Waals surface area (Å²) in [6, 6.07) is 2.43. The first-order valence-electron chi connectivity index (χ1n) is 5.93. The molecule has 1 unspecified atom stereocenters. The van der Waals surface area contributed by atoms with E-state index >= 15 is 0 Å². The van der Waals surface area contributed by atoms with E-state index in [1.54, 1.807) is 0 Å². The molecule has 5 nitrogen and oxygen atoms in total. The van der Waals surface area contributed by atoms with Gasteiger partial charge in [-0.05, 0) is 13.3 Å². The van der Waals surface area contributed by atoms with Gasteiger partial charge in [0, 0.05) is 37.7 Å². The van der Waals surface area contributed by atoms with E-state index in [-0.39, 0.29) is 6.04 Å². The van der Waals surface area contributed by atoms with Crippen LogP contribution in [0.1, 0.15) is 19.2 Å². The number of hydrogen-bond donors (Lipinski definition) is 0. The molecule has 1 atom stereocenters. The smallest absolute Gasteiger partial charge is 0.205 e. The topological polar surface area (TPSA) is 56.1 Å². The fourth-order valence-electron chi connectivity index (χ4n) is 2.07. The highest BCUT2D eigenvalue weighted by molar-refractivity contribution is 7.09. The van der Waals surface area contributed by atoms with Crippen LogP contribution in [0.25, 0.3) is 0 Å². The van der Waals surface area contributed by atoms with E-state index in [0.717, 1.165) is 43.6 Å². The largest absolute Gasteiger partial charge is 0.344 e. The Morgan fingerprint density at radius 3 is 2.59 bits per heavy atom. The molecule has 1 aliphatic heterocycles. The summed E-state index contributed by atoms with van der Waals surface area (Å²) in [5.41, 5.74) is 0. The molecule has 1 aromatic heterocycles. The summed E-state index contributed by atoms with van der Waals surface area (Å²) in [5, 5.41) is 10.0. The van der Waals surface area contributed by atoms with Crippen LogP contribution in [0.5, 0.6) is 0 Å². The number of rotatable bonds is 3. The third-order valence-corrected chi connectivity index (χ3v) is 3.95. The minimum Gasteiger partial charge on any atom is -0.344 e. The van der Waals surface area contributed by atoms with Crippen molar-refractivity contribution in [1.82, 2.24) is 14.3 Å².